The zero-order valence-electron chi connectivity index (χ0n) is 11.2. The first-order valence-electron chi connectivity index (χ1n) is 6.86. The first kappa shape index (κ1) is 13.7. The van der Waals surface area contributed by atoms with Crippen LogP contribution in [0.3, 0.4) is 0 Å². The van der Waals surface area contributed by atoms with Gasteiger partial charge in [0.1, 0.15) is 0 Å². The van der Waals surface area contributed by atoms with Crippen LogP contribution in [0.15, 0.2) is 22.8 Å². The molecule has 1 N–H and O–H groups in total. The predicted octanol–water partition coefficient (Wildman–Crippen LogP) is 1.89. The Hall–Kier alpha value is -1.73. The van der Waals surface area contributed by atoms with E-state index in [0.29, 0.717) is 12.3 Å². The van der Waals surface area contributed by atoms with E-state index >= 15 is 0 Å². The van der Waals surface area contributed by atoms with Crippen LogP contribution in [0.4, 0.5) is 0 Å². The number of nitrogens with zero attached hydrogens (tertiary/aromatic N) is 1. The molecule has 0 saturated carbocycles. The molecular formula is C15H20N2O2. The molecule has 1 aromatic heterocycles. The minimum atomic E-state index is -0.214. The third-order valence-electron chi connectivity index (χ3n) is 3.21. The molecule has 2 heterocycles. The average molecular weight is 260 g/mol. The van der Waals surface area contributed by atoms with Gasteiger partial charge in [0.05, 0.1) is 19.4 Å². The van der Waals surface area contributed by atoms with Crippen LogP contribution < -0.4 is 5.32 Å². The second-order valence-corrected chi connectivity index (χ2v) is 4.70. The van der Waals surface area contributed by atoms with Gasteiger partial charge in [-0.15, -0.1) is 0 Å². The Bertz CT molecular complexity index is 434. The fourth-order valence-electron chi connectivity index (χ4n) is 2.14. The summed E-state index contributed by atoms with van der Waals surface area (Å²) in [5.74, 6) is 6.21. The van der Waals surface area contributed by atoms with Crippen LogP contribution in [0.1, 0.15) is 36.2 Å². The highest BCUT2D eigenvalue weighted by Gasteiger charge is 2.07. The van der Waals surface area contributed by atoms with Crippen molar-refractivity contribution in [1.82, 2.24) is 10.2 Å². The summed E-state index contributed by atoms with van der Waals surface area (Å²) in [5.41, 5.74) is 0. The molecule has 0 spiro atoms. The van der Waals surface area contributed by atoms with Crippen LogP contribution in [0.5, 0.6) is 0 Å². The van der Waals surface area contributed by atoms with E-state index < -0.39 is 0 Å². The first-order chi connectivity index (χ1) is 9.36. The lowest BCUT2D eigenvalue weighted by atomic mass is 10.2. The zero-order valence-corrected chi connectivity index (χ0v) is 11.2. The van der Waals surface area contributed by atoms with E-state index in [1.54, 1.807) is 12.1 Å². The van der Waals surface area contributed by atoms with Crippen molar-refractivity contribution < 1.29 is 9.21 Å². The molecule has 0 bridgehead atoms. The van der Waals surface area contributed by atoms with Gasteiger partial charge in [-0.05, 0) is 38.1 Å². The maximum Gasteiger partial charge on any atom is 0.287 e. The highest BCUT2D eigenvalue weighted by atomic mass is 16.3. The summed E-state index contributed by atoms with van der Waals surface area (Å²) in [7, 11) is 0. The average Bonchev–Trinajstić information content (AvgIpc) is 2.83. The molecular weight excluding hydrogens is 240 g/mol. The Morgan fingerprint density at radius 3 is 2.74 bits per heavy atom. The Kier molecular flexibility index (Phi) is 5.51. The Labute approximate surface area is 114 Å². The van der Waals surface area contributed by atoms with E-state index in [1.807, 2.05) is 0 Å². The molecule has 1 saturated heterocycles. The third-order valence-corrected chi connectivity index (χ3v) is 3.21. The molecule has 1 aliphatic rings. The maximum atomic E-state index is 11.5. The number of rotatable bonds is 3. The molecule has 0 radical (unpaired) electrons. The number of hydrogen-bond acceptors (Lipinski definition) is 3. The van der Waals surface area contributed by atoms with Crippen molar-refractivity contribution in [3.05, 3.63) is 24.2 Å². The molecule has 2 rings (SSSR count). The molecule has 1 fully saturated rings. The lowest BCUT2D eigenvalue weighted by Crippen LogP contribution is -2.25. The van der Waals surface area contributed by atoms with Crippen LogP contribution in [-0.4, -0.2) is 37.0 Å². The summed E-state index contributed by atoms with van der Waals surface area (Å²) in [6.45, 7) is 3.46. The van der Waals surface area contributed by atoms with Crippen molar-refractivity contribution in [1.29, 1.82) is 0 Å². The van der Waals surface area contributed by atoms with Gasteiger partial charge in [-0.1, -0.05) is 24.7 Å². The minimum absolute atomic E-state index is 0.214. The summed E-state index contributed by atoms with van der Waals surface area (Å²) in [4.78, 5) is 13.9. The van der Waals surface area contributed by atoms with E-state index in [0.717, 1.165) is 19.6 Å². The van der Waals surface area contributed by atoms with E-state index in [9.17, 15) is 4.79 Å². The molecule has 0 aliphatic carbocycles. The Balaban J connectivity index is 1.65. The number of nitrogens with one attached hydrogen (secondary N) is 1. The van der Waals surface area contributed by atoms with Gasteiger partial charge in [-0.2, -0.15) is 0 Å². The molecule has 1 aromatic rings. The third kappa shape index (κ3) is 4.80. The smallest absolute Gasteiger partial charge is 0.287 e. The quantitative estimate of drug-likeness (QED) is 0.844. The monoisotopic (exact) mass is 260 g/mol. The molecule has 102 valence electrons. The van der Waals surface area contributed by atoms with Crippen LogP contribution in [0, 0.1) is 11.8 Å². The Morgan fingerprint density at radius 1 is 1.26 bits per heavy atom. The van der Waals surface area contributed by atoms with E-state index in [1.165, 1.54) is 31.9 Å². The van der Waals surface area contributed by atoms with Crippen molar-refractivity contribution in [2.24, 2.45) is 0 Å². The lowest BCUT2D eigenvalue weighted by molar-refractivity contribution is 0.0931. The fraction of sp³-hybridized carbons (Fsp3) is 0.533. The van der Waals surface area contributed by atoms with Gasteiger partial charge >= 0.3 is 0 Å². The predicted molar refractivity (Wildman–Crippen MR) is 73.7 cm³/mol. The maximum absolute atomic E-state index is 11.5. The number of likely N-dealkylation sites (tertiary alicyclic amines) is 1. The standard InChI is InChI=1S/C15H20N2O2/c18-15(14-8-7-13-19-14)16-9-3-6-12-17-10-4-1-2-5-11-17/h7-8,13H,1-2,4-5,9-12H2,(H,16,18). The van der Waals surface area contributed by atoms with Crippen molar-refractivity contribution in [3.8, 4) is 11.8 Å². The molecule has 0 aromatic carbocycles. The van der Waals surface area contributed by atoms with E-state index in [-0.39, 0.29) is 5.91 Å². The lowest BCUT2D eigenvalue weighted by Gasteiger charge is -2.15. The normalized spacial score (nSPS) is 16.2. The molecule has 4 nitrogen and oxygen atoms in total. The molecule has 1 aliphatic heterocycles. The van der Waals surface area contributed by atoms with Gasteiger partial charge in [0, 0.05) is 0 Å². The zero-order chi connectivity index (χ0) is 13.3. The molecule has 1 amide bonds. The van der Waals surface area contributed by atoms with Gasteiger partial charge in [0.2, 0.25) is 0 Å². The largest absolute Gasteiger partial charge is 0.459 e. The summed E-state index contributed by atoms with van der Waals surface area (Å²) in [6.07, 6.45) is 6.71. The fourth-order valence-corrected chi connectivity index (χ4v) is 2.14. The highest BCUT2D eigenvalue weighted by molar-refractivity contribution is 5.91. The van der Waals surface area contributed by atoms with Crippen molar-refractivity contribution in [2.75, 3.05) is 26.2 Å². The van der Waals surface area contributed by atoms with Crippen LogP contribution >= 0.6 is 0 Å². The SMILES string of the molecule is O=C(NCC#CCN1CCCCCC1)c1ccco1. The van der Waals surface area contributed by atoms with Crippen molar-refractivity contribution in [3.63, 3.8) is 0 Å². The van der Waals surface area contributed by atoms with E-state index in [2.05, 4.69) is 22.1 Å². The van der Waals surface area contributed by atoms with Crippen molar-refractivity contribution >= 4 is 5.91 Å². The molecule has 19 heavy (non-hydrogen) atoms. The van der Waals surface area contributed by atoms with Gasteiger partial charge in [0.25, 0.3) is 5.91 Å². The van der Waals surface area contributed by atoms with Gasteiger partial charge in [-0.3, -0.25) is 9.69 Å². The number of carbonyl (C=O) groups is 1. The first-order valence-corrected chi connectivity index (χ1v) is 6.86. The second kappa shape index (κ2) is 7.65. The Morgan fingerprint density at radius 2 is 2.05 bits per heavy atom. The van der Waals surface area contributed by atoms with Gasteiger partial charge in [-0.25, -0.2) is 0 Å². The molecule has 0 atom stereocenters. The minimum Gasteiger partial charge on any atom is -0.459 e. The summed E-state index contributed by atoms with van der Waals surface area (Å²) < 4.78 is 4.99. The topological polar surface area (TPSA) is 45.5 Å². The second-order valence-electron chi connectivity index (χ2n) is 4.70. The number of hydrogen-bond donors (Lipinski definition) is 1. The summed E-state index contributed by atoms with van der Waals surface area (Å²) >= 11 is 0. The van der Waals surface area contributed by atoms with Crippen LogP contribution in [-0.2, 0) is 0 Å². The number of furan rings is 1. The van der Waals surface area contributed by atoms with E-state index in [4.69, 9.17) is 4.42 Å². The summed E-state index contributed by atoms with van der Waals surface area (Å²) in [5, 5.41) is 2.71. The van der Waals surface area contributed by atoms with Gasteiger partial charge < -0.3 is 9.73 Å². The number of carbonyl (C=O) groups excluding carboxylic acids is 1. The molecule has 4 heteroatoms. The van der Waals surface area contributed by atoms with Crippen LogP contribution in [0.2, 0.25) is 0 Å². The van der Waals surface area contributed by atoms with Crippen LogP contribution in [0.25, 0.3) is 0 Å². The number of amides is 1. The summed E-state index contributed by atoms with van der Waals surface area (Å²) in [6, 6.07) is 3.33. The van der Waals surface area contributed by atoms with Gasteiger partial charge in [0.15, 0.2) is 5.76 Å². The molecule has 0 unspecified atom stereocenters. The highest BCUT2D eigenvalue weighted by Crippen LogP contribution is 2.08. The van der Waals surface area contributed by atoms with Crippen molar-refractivity contribution in [2.45, 2.75) is 25.7 Å².